The Morgan fingerprint density at radius 1 is 0.846 bits per heavy atom. The molecule has 0 aliphatic heterocycles. The molecule has 6 heteroatoms. The van der Waals surface area contributed by atoms with Gasteiger partial charge in [-0.1, -0.05) is 11.6 Å². The van der Waals surface area contributed by atoms with E-state index in [1.165, 1.54) is 6.92 Å². The van der Waals surface area contributed by atoms with Gasteiger partial charge in [-0.2, -0.15) is 0 Å². The van der Waals surface area contributed by atoms with Crippen LogP contribution < -0.4 is 10.6 Å². The summed E-state index contributed by atoms with van der Waals surface area (Å²) in [7, 11) is 0. The van der Waals surface area contributed by atoms with E-state index in [0.717, 1.165) is 11.4 Å². The van der Waals surface area contributed by atoms with E-state index in [1.54, 1.807) is 54.7 Å². The zero-order chi connectivity index (χ0) is 18.5. The molecule has 130 valence electrons. The summed E-state index contributed by atoms with van der Waals surface area (Å²) in [6.07, 6.45) is 1.58. The number of pyridine rings is 1. The first kappa shape index (κ1) is 17.6. The number of halogens is 1. The van der Waals surface area contributed by atoms with Crippen LogP contribution in [-0.2, 0) is 0 Å². The third kappa shape index (κ3) is 4.46. The number of hydrogen-bond donors (Lipinski definition) is 2. The van der Waals surface area contributed by atoms with Gasteiger partial charge in [0.05, 0.1) is 11.9 Å². The van der Waals surface area contributed by atoms with Crippen LogP contribution in [0.1, 0.15) is 27.8 Å². The second kappa shape index (κ2) is 7.80. The highest BCUT2D eigenvalue weighted by molar-refractivity contribution is 6.30. The van der Waals surface area contributed by atoms with Crippen molar-refractivity contribution >= 4 is 40.4 Å². The number of nitrogens with one attached hydrogen (secondary N) is 2. The Labute approximate surface area is 156 Å². The van der Waals surface area contributed by atoms with Crippen molar-refractivity contribution in [2.24, 2.45) is 0 Å². The van der Waals surface area contributed by atoms with Crippen molar-refractivity contribution in [3.8, 4) is 0 Å². The van der Waals surface area contributed by atoms with Crippen LogP contribution in [0, 0.1) is 0 Å². The smallest absolute Gasteiger partial charge is 0.274 e. The first-order chi connectivity index (χ1) is 12.5. The summed E-state index contributed by atoms with van der Waals surface area (Å²) in [6.45, 7) is 1.53. The van der Waals surface area contributed by atoms with Gasteiger partial charge in [-0.05, 0) is 67.6 Å². The van der Waals surface area contributed by atoms with Gasteiger partial charge in [-0.3, -0.25) is 9.59 Å². The summed E-state index contributed by atoms with van der Waals surface area (Å²) in [5.74, 6) is -0.279. The van der Waals surface area contributed by atoms with Crippen molar-refractivity contribution in [2.75, 3.05) is 10.6 Å². The monoisotopic (exact) mass is 365 g/mol. The second-order valence-corrected chi connectivity index (χ2v) is 6.09. The molecule has 0 atom stereocenters. The molecule has 5 nitrogen and oxygen atoms in total. The zero-order valence-electron chi connectivity index (χ0n) is 14.0. The maximum Gasteiger partial charge on any atom is 0.274 e. The molecular weight excluding hydrogens is 350 g/mol. The maximum absolute atomic E-state index is 12.2. The number of amides is 1. The summed E-state index contributed by atoms with van der Waals surface area (Å²) >= 11 is 5.82. The summed E-state index contributed by atoms with van der Waals surface area (Å²) in [6, 6.07) is 17.4. The number of nitrogens with zero attached hydrogens (tertiary/aromatic N) is 1. The normalized spacial score (nSPS) is 10.2. The number of carbonyl (C=O) groups excluding carboxylic acids is 2. The average Bonchev–Trinajstić information content (AvgIpc) is 2.64. The van der Waals surface area contributed by atoms with Crippen LogP contribution in [0.4, 0.5) is 17.1 Å². The molecule has 0 aliphatic carbocycles. The first-order valence-electron chi connectivity index (χ1n) is 7.92. The minimum atomic E-state index is -0.301. The Bertz CT molecular complexity index is 921. The molecule has 26 heavy (non-hydrogen) atoms. The van der Waals surface area contributed by atoms with E-state index in [1.807, 2.05) is 12.1 Å². The van der Waals surface area contributed by atoms with E-state index in [9.17, 15) is 9.59 Å². The molecule has 0 unspecified atom stereocenters. The van der Waals surface area contributed by atoms with Gasteiger partial charge < -0.3 is 10.6 Å². The van der Waals surface area contributed by atoms with Crippen LogP contribution in [0.3, 0.4) is 0 Å². The van der Waals surface area contributed by atoms with E-state index in [-0.39, 0.29) is 11.7 Å². The third-order valence-electron chi connectivity index (χ3n) is 3.68. The Morgan fingerprint density at radius 2 is 1.46 bits per heavy atom. The van der Waals surface area contributed by atoms with Gasteiger partial charge in [-0.25, -0.2) is 4.98 Å². The number of carbonyl (C=O) groups is 2. The fourth-order valence-electron chi connectivity index (χ4n) is 2.29. The lowest BCUT2D eigenvalue weighted by atomic mass is 10.1. The molecule has 2 aromatic carbocycles. The molecule has 0 saturated carbocycles. The van der Waals surface area contributed by atoms with Crippen LogP contribution >= 0.6 is 11.6 Å². The van der Waals surface area contributed by atoms with Crippen molar-refractivity contribution in [3.05, 3.63) is 83.1 Å². The fourth-order valence-corrected chi connectivity index (χ4v) is 2.41. The van der Waals surface area contributed by atoms with Crippen molar-refractivity contribution in [1.82, 2.24) is 4.98 Å². The molecule has 2 N–H and O–H groups in total. The number of Topliss-reactive ketones (excluding diaryl/α,β-unsaturated/α-hetero) is 1. The minimum absolute atomic E-state index is 0.0225. The lowest BCUT2D eigenvalue weighted by Gasteiger charge is -2.08. The maximum atomic E-state index is 12.2. The molecule has 3 rings (SSSR count). The number of hydrogen-bond acceptors (Lipinski definition) is 4. The van der Waals surface area contributed by atoms with Crippen LogP contribution in [0.5, 0.6) is 0 Å². The Morgan fingerprint density at radius 3 is 2.04 bits per heavy atom. The molecule has 0 bridgehead atoms. The van der Waals surface area contributed by atoms with Gasteiger partial charge in [0.1, 0.15) is 5.69 Å². The fraction of sp³-hybridized carbons (Fsp3) is 0.0500. The predicted molar refractivity (Wildman–Crippen MR) is 103 cm³/mol. The van der Waals surface area contributed by atoms with Crippen molar-refractivity contribution in [1.29, 1.82) is 0 Å². The summed E-state index contributed by atoms with van der Waals surface area (Å²) in [5, 5.41) is 6.54. The summed E-state index contributed by atoms with van der Waals surface area (Å²) in [5.41, 5.74) is 3.17. The van der Waals surface area contributed by atoms with Crippen molar-refractivity contribution in [2.45, 2.75) is 6.92 Å². The quantitative estimate of drug-likeness (QED) is 0.628. The average molecular weight is 366 g/mol. The Balaban J connectivity index is 1.64. The lowest BCUT2D eigenvalue weighted by Crippen LogP contribution is -2.13. The molecule has 1 heterocycles. The molecular formula is C20H16ClN3O2. The van der Waals surface area contributed by atoms with E-state index < -0.39 is 0 Å². The largest absolute Gasteiger partial charge is 0.354 e. The van der Waals surface area contributed by atoms with E-state index in [4.69, 9.17) is 11.6 Å². The highest BCUT2D eigenvalue weighted by Gasteiger charge is 2.08. The van der Waals surface area contributed by atoms with E-state index in [2.05, 4.69) is 15.6 Å². The predicted octanol–water partition coefficient (Wildman–Crippen LogP) is 4.93. The van der Waals surface area contributed by atoms with Gasteiger partial charge in [0, 0.05) is 22.0 Å². The van der Waals surface area contributed by atoms with Gasteiger partial charge >= 0.3 is 0 Å². The van der Waals surface area contributed by atoms with Gasteiger partial charge in [0.2, 0.25) is 0 Å². The highest BCUT2D eigenvalue weighted by atomic mass is 35.5. The number of benzene rings is 2. The van der Waals surface area contributed by atoms with Gasteiger partial charge in [-0.15, -0.1) is 0 Å². The van der Waals surface area contributed by atoms with Crippen LogP contribution in [-0.4, -0.2) is 16.7 Å². The van der Waals surface area contributed by atoms with E-state index in [0.29, 0.717) is 22.0 Å². The minimum Gasteiger partial charge on any atom is -0.354 e. The summed E-state index contributed by atoms with van der Waals surface area (Å²) < 4.78 is 0. The molecule has 1 aromatic heterocycles. The second-order valence-electron chi connectivity index (χ2n) is 5.65. The molecule has 3 aromatic rings. The third-order valence-corrected chi connectivity index (χ3v) is 3.93. The van der Waals surface area contributed by atoms with Gasteiger partial charge in [0.25, 0.3) is 5.91 Å². The zero-order valence-corrected chi connectivity index (χ0v) is 14.7. The van der Waals surface area contributed by atoms with Crippen LogP contribution in [0.15, 0.2) is 66.9 Å². The first-order valence-corrected chi connectivity index (χ1v) is 8.30. The Kier molecular flexibility index (Phi) is 5.29. The SMILES string of the molecule is CC(=O)c1ccc(Nc2ccc(C(=O)Nc3ccc(Cl)cc3)nc2)cc1. The standard InChI is InChI=1S/C20H16ClN3O2/c1-13(25)14-2-6-16(7-3-14)23-18-10-11-19(22-12-18)20(26)24-17-8-4-15(21)5-9-17/h2-12,23H,1H3,(H,24,26). The van der Waals surface area contributed by atoms with Crippen LogP contribution in [0.25, 0.3) is 0 Å². The van der Waals surface area contributed by atoms with Crippen molar-refractivity contribution < 1.29 is 9.59 Å². The van der Waals surface area contributed by atoms with E-state index >= 15 is 0 Å². The lowest BCUT2D eigenvalue weighted by molar-refractivity contribution is 0.101. The number of rotatable bonds is 5. The highest BCUT2D eigenvalue weighted by Crippen LogP contribution is 2.18. The molecule has 1 amide bonds. The van der Waals surface area contributed by atoms with Crippen molar-refractivity contribution in [3.63, 3.8) is 0 Å². The topological polar surface area (TPSA) is 71.1 Å². The molecule has 0 fully saturated rings. The summed E-state index contributed by atoms with van der Waals surface area (Å²) in [4.78, 5) is 27.7. The molecule has 0 radical (unpaired) electrons. The van der Waals surface area contributed by atoms with Crippen LogP contribution in [0.2, 0.25) is 5.02 Å². The number of ketones is 1. The Hall–Kier alpha value is -3.18. The number of aromatic nitrogens is 1. The number of anilines is 3. The van der Waals surface area contributed by atoms with Gasteiger partial charge in [0.15, 0.2) is 5.78 Å². The molecule has 0 aliphatic rings. The molecule has 0 spiro atoms. The molecule has 0 saturated heterocycles.